The number of anilines is 2. The summed E-state index contributed by atoms with van der Waals surface area (Å²) in [5.41, 5.74) is 5.47. The summed E-state index contributed by atoms with van der Waals surface area (Å²) in [5, 5.41) is 12.3. The van der Waals surface area contributed by atoms with E-state index in [-0.39, 0.29) is 19.1 Å². The van der Waals surface area contributed by atoms with E-state index >= 15 is 0 Å². The molecule has 7 rings (SSSR count). The van der Waals surface area contributed by atoms with Gasteiger partial charge in [0.05, 0.1) is 30.8 Å². The molecule has 2 saturated heterocycles. The molecular weight excluding hydrogens is 614 g/mol. The van der Waals surface area contributed by atoms with E-state index in [0.29, 0.717) is 50.8 Å². The van der Waals surface area contributed by atoms with Crippen molar-refractivity contribution in [2.75, 3.05) is 56.2 Å². The molecule has 2 fully saturated rings. The summed E-state index contributed by atoms with van der Waals surface area (Å²) in [7, 11) is 2.15. The highest BCUT2D eigenvalue weighted by Gasteiger charge is 2.35. The lowest BCUT2D eigenvalue weighted by Gasteiger charge is -2.42. The molecule has 10 heteroatoms. The Morgan fingerprint density at radius 3 is 2.55 bits per heavy atom. The van der Waals surface area contributed by atoms with Crippen LogP contribution in [0.5, 0.6) is 6.01 Å². The molecule has 3 aliphatic rings. The van der Waals surface area contributed by atoms with E-state index in [1.165, 1.54) is 22.0 Å². The Labute approximate surface area is 288 Å². The molecule has 10 nitrogen and oxygen atoms in total. The fourth-order valence-corrected chi connectivity index (χ4v) is 7.79. The summed E-state index contributed by atoms with van der Waals surface area (Å²) in [6.45, 7) is 9.19. The van der Waals surface area contributed by atoms with Crippen LogP contribution in [0.4, 0.5) is 16.3 Å². The van der Waals surface area contributed by atoms with Gasteiger partial charge in [-0.2, -0.15) is 15.2 Å². The molecular formula is C39H45N7O3. The van der Waals surface area contributed by atoms with E-state index in [9.17, 15) is 10.1 Å². The number of amides is 1. The number of benzene rings is 3. The van der Waals surface area contributed by atoms with E-state index in [4.69, 9.17) is 19.4 Å². The van der Waals surface area contributed by atoms with Crippen molar-refractivity contribution >= 4 is 28.4 Å². The first-order valence-corrected chi connectivity index (χ1v) is 17.4. The first kappa shape index (κ1) is 32.7. The summed E-state index contributed by atoms with van der Waals surface area (Å²) in [4.78, 5) is 32.1. The number of fused-ring (bicyclic) bond motifs is 2. The van der Waals surface area contributed by atoms with Gasteiger partial charge in [0.15, 0.2) is 0 Å². The number of likely N-dealkylation sites (N-methyl/N-ethyl adjacent to an activating group) is 1. The maximum Gasteiger partial charge on any atom is 0.410 e. The van der Waals surface area contributed by atoms with Crippen molar-refractivity contribution in [2.45, 2.75) is 58.3 Å². The van der Waals surface area contributed by atoms with Crippen LogP contribution in [0, 0.1) is 24.2 Å². The monoisotopic (exact) mass is 659 g/mol. The quantitative estimate of drug-likeness (QED) is 0.227. The number of piperazine rings is 1. The molecule has 3 aromatic carbocycles. The Hall–Kier alpha value is -4.88. The first-order valence-electron chi connectivity index (χ1n) is 17.4. The highest BCUT2D eigenvalue weighted by molar-refractivity contribution is 5.97. The van der Waals surface area contributed by atoms with Crippen LogP contribution < -0.4 is 14.5 Å². The third-order valence-corrected chi connectivity index (χ3v) is 10.3. The normalized spacial score (nSPS) is 21.0. The lowest BCUT2D eigenvalue weighted by molar-refractivity contribution is 0.0767. The van der Waals surface area contributed by atoms with Gasteiger partial charge in [0.25, 0.3) is 0 Å². The van der Waals surface area contributed by atoms with Gasteiger partial charge in [-0.05, 0) is 55.3 Å². The number of carbonyl (C=O) groups excluding carboxylic acids is 1. The molecule has 3 atom stereocenters. The molecule has 0 radical (unpaired) electrons. The van der Waals surface area contributed by atoms with Gasteiger partial charge in [-0.3, -0.25) is 4.90 Å². The number of hydrogen-bond donors (Lipinski definition) is 0. The summed E-state index contributed by atoms with van der Waals surface area (Å²) >= 11 is 0. The van der Waals surface area contributed by atoms with Crippen LogP contribution in [0.2, 0.25) is 0 Å². The van der Waals surface area contributed by atoms with Crippen molar-refractivity contribution < 1.29 is 14.3 Å². The summed E-state index contributed by atoms with van der Waals surface area (Å²) in [6.07, 6.45) is 1.67. The second kappa shape index (κ2) is 14.3. The number of aromatic nitrogens is 2. The molecule has 0 bridgehead atoms. The largest absolute Gasteiger partial charge is 0.462 e. The van der Waals surface area contributed by atoms with Gasteiger partial charge in [0.1, 0.15) is 19.0 Å². The molecule has 0 aliphatic carbocycles. The molecule has 0 saturated carbocycles. The van der Waals surface area contributed by atoms with Crippen molar-refractivity contribution in [2.24, 2.45) is 5.92 Å². The van der Waals surface area contributed by atoms with Gasteiger partial charge in [0, 0.05) is 55.4 Å². The number of aryl methyl sites for hydroxylation is 1. The molecule has 0 spiro atoms. The van der Waals surface area contributed by atoms with Gasteiger partial charge in [-0.15, -0.1) is 0 Å². The van der Waals surface area contributed by atoms with E-state index in [1.54, 1.807) is 4.90 Å². The molecule has 254 valence electrons. The predicted octanol–water partition coefficient (Wildman–Crippen LogP) is 5.96. The van der Waals surface area contributed by atoms with Gasteiger partial charge in [-0.25, -0.2) is 4.79 Å². The maximum absolute atomic E-state index is 13.3. The van der Waals surface area contributed by atoms with Gasteiger partial charge in [0.2, 0.25) is 0 Å². The molecule has 4 aromatic rings. The van der Waals surface area contributed by atoms with E-state index in [1.807, 2.05) is 30.3 Å². The number of carbonyl (C=O) groups is 1. The van der Waals surface area contributed by atoms with Crippen LogP contribution >= 0.6 is 0 Å². The highest BCUT2D eigenvalue weighted by Crippen LogP contribution is 2.36. The Morgan fingerprint density at radius 1 is 0.959 bits per heavy atom. The Kier molecular flexibility index (Phi) is 9.54. The minimum Gasteiger partial charge on any atom is -0.462 e. The van der Waals surface area contributed by atoms with Crippen LogP contribution in [0.3, 0.4) is 0 Å². The molecule has 3 aliphatic heterocycles. The van der Waals surface area contributed by atoms with Gasteiger partial charge < -0.3 is 24.2 Å². The molecule has 0 unspecified atom stereocenters. The number of likely N-dealkylation sites (tertiary alicyclic amines) is 1. The van der Waals surface area contributed by atoms with Crippen LogP contribution in [0.25, 0.3) is 10.8 Å². The summed E-state index contributed by atoms with van der Waals surface area (Å²) in [6, 6.07) is 25.3. The highest BCUT2D eigenvalue weighted by atomic mass is 16.6. The average molecular weight is 660 g/mol. The zero-order valence-corrected chi connectivity index (χ0v) is 28.7. The number of nitriles is 1. The van der Waals surface area contributed by atoms with Crippen molar-refractivity contribution in [3.05, 3.63) is 89.1 Å². The van der Waals surface area contributed by atoms with E-state index in [2.05, 4.69) is 78.1 Å². The Balaban J connectivity index is 1.16. The minimum atomic E-state index is -0.395. The third kappa shape index (κ3) is 6.99. The smallest absolute Gasteiger partial charge is 0.410 e. The summed E-state index contributed by atoms with van der Waals surface area (Å²) in [5.74, 6) is 1.48. The second-order valence-electron chi connectivity index (χ2n) is 13.8. The third-order valence-electron chi connectivity index (χ3n) is 10.3. The Morgan fingerprint density at radius 2 is 1.78 bits per heavy atom. The topological polar surface area (TPSA) is 98.1 Å². The molecule has 1 amide bonds. The van der Waals surface area contributed by atoms with Crippen LogP contribution in [0.15, 0.2) is 66.7 Å². The van der Waals surface area contributed by atoms with Crippen LogP contribution in [-0.2, 0) is 24.3 Å². The number of rotatable bonds is 8. The number of ether oxygens (including phenoxy) is 2. The fourth-order valence-electron chi connectivity index (χ4n) is 7.79. The lowest BCUT2D eigenvalue weighted by Crippen LogP contribution is -2.55. The Bertz CT molecular complexity index is 1840. The van der Waals surface area contributed by atoms with Gasteiger partial charge in [-0.1, -0.05) is 67.6 Å². The fraction of sp³-hybridized carbons (Fsp3) is 0.436. The van der Waals surface area contributed by atoms with Crippen LogP contribution in [-0.4, -0.2) is 84.3 Å². The van der Waals surface area contributed by atoms with E-state index < -0.39 is 6.09 Å². The molecule has 0 N–H and O–H groups in total. The number of nitrogens with zero attached hydrogens (tertiary/aromatic N) is 7. The zero-order valence-electron chi connectivity index (χ0n) is 28.7. The molecule has 49 heavy (non-hydrogen) atoms. The SMILES string of the molecule is Cc1cccc2cccc(N3CCc4c(nc(OC[C@@H]5C[C@H](C)CN5C)nc4N4CCN(C(=O)OCc5ccccc5)[C@@H](CC#N)C4)C3)c12. The second-order valence-corrected chi connectivity index (χ2v) is 13.8. The maximum atomic E-state index is 13.3. The lowest BCUT2D eigenvalue weighted by atomic mass is 9.99. The predicted molar refractivity (Wildman–Crippen MR) is 191 cm³/mol. The summed E-state index contributed by atoms with van der Waals surface area (Å²) < 4.78 is 12.1. The van der Waals surface area contributed by atoms with Crippen LogP contribution in [0.1, 0.15) is 42.1 Å². The van der Waals surface area contributed by atoms with Crippen molar-refractivity contribution in [3.8, 4) is 12.1 Å². The first-order chi connectivity index (χ1) is 23.9. The van der Waals surface area contributed by atoms with Crippen molar-refractivity contribution in [3.63, 3.8) is 0 Å². The minimum absolute atomic E-state index is 0.195. The van der Waals surface area contributed by atoms with Gasteiger partial charge >= 0.3 is 12.1 Å². The molecule has 4 heterocycles. The number of hydrogen-bond acceptors (Lipinski definition) is 9. The standard InChI is InChI=1S/C39H45N7O3/c1-27-21-32(43(3)22-27)26-48-38-41-34-24-44(35-14-8-13-30-12-7-9-28(2)36(30)35)18-16-33(34)37(42-38)45-19-20-46(31(23-45)15-17-40)39(47)49-25-29-10-5-4-6-11-29/h4-14,27,31-32H,15-16,18-26H2,1-3H3/t27-,31-,32-/m0/s1. The molecule has 1 aromatic heterocycles. The zero-order chi connectivity index (χ0) is 33.9. The van der Waals surface area contributed by atoms with Crippen molar-refractivity contribution in [1.29, 1.82) is 5.26 Å². The van der Waals surface area contributed by atoms with Crippen molar-refractivity contribution in [1.82, 2.24) is 19.8 Å². The van der Waals surface area contributed by atoms with E-state index in [0.717, 1.165) is 48.6 Å². The average Bonchev–Trinajstić information content (AvgIpc) is 3.45.